The van der Waals surface area contributed by atoms with E-state index >= 15 is 0 Å². The molecule has 1 unspecified atom stereocenters. The van der Waals surface area contributed by atoms with Gasteiger partial charge in [-0.05, 0) is 32.3 Å². The van der Waals surface area contributed by atoms with E-state index in [0.717, 1.165) is 19.3 Å². The van der Waals surface area contributed by atoms with Gasteiger partial charge in [0.05, 0.1) is 0 Å². The Kier molecular flexibility index (Phi) is 4.71. The van der Waals surface area contributed by atoms with Gasteiger partial charge in [0.2, 0.25) is 0 Å². The predicted molar refractivity (Wildman–Crippen MR) is 73.3 cm³/mol. The molecule has 1 fully saturated rings. The molecule has 2 amide bonds. The smallest absolute Gasteiger partial charge is 0.312 e. The molecule has 2 rings (SSSR count). The van der Waals surface area contributed by atoms with Gasteiger partial charge in [-0.3, -0.25) is 9.59 Å². The van der Waals surface area contributed by atoms with Crippen LogP contribution in [0.1, 0.15) is 31.7 Å². The number of amides is 2. The molecule has 1 aromatic carbocycles. The SMILES string of the molecule is CC1CCCCN1C(=O)C(=O)NCc1ccccc1F. The standard InChI is InChI=1S/C15H19FN2O2/c1-11-6-4-5-9-18(11)15(20)14(19)17-10-12-7-2-3-8-13(12)16/h2-3,7-8,11H,4-6,9-10H2,1H3,(H,17,19). The van der Waals surface area contributed by atoms with E-state index in [9.17, 15) is 14.0 Å². The van der Waals surface area contributed by atoms with Crippen LogP contribution >= 0.6 is 0 Å². The lowest BCUT2D eigenvalue weighted by Crippen LogP contribution is -2.48. The van der Waals surface area contributed by atoms with Crippen LogP contribution in [0.25, 0.3) is 0 Å². The summed E-state index contributed by atoms with van der Waals surface area (Å²) in [5, 5.41) is 2.49. The van der Waals surface area contributed by atoms with Crippen molar-refractivity contribution >= 4 is 11.8 Å². The Morgan fingerprint density at radius 3 is 2.80 bits per heavy atom. The van der Waals surface area contributed by atoms with Gasteiger partial charge >= 0.3 is 11.8 Å². The molecule has 1 aliphatic rings. The molecule has 0 bridgehead atoms. The van der Waals surface area contributed by atoms with Crippen LogP contribution in [0.2, 0.25) is 0 Å². The average Bonchev–Trinajstić information content (AvgIpc) is 2.46. The Morgan fingerprint density at radius 1 is 1.35 bits per heavy atom. The van der Waals surface area contributed by atoms with Crippen molar-refractivity contribution in [3.05, 3.63) is 35.6 Å². The quantitative estimate of drug-likeness (QED) is 0.839. The number of carbonyl (C=O) groups excluding carboxylic acids is 2. The van der Waals surface area contributed by atoms with Gasteiger partial charge in [0.25, 0.3) is 0 Å². The summed E-state index contributed by atoms with van der Waals surface area (Å²) in [7, 11) is 0. The lowest BCUT2D eigenvalue weighted by molar-refractivity contribution is -0.148. The van der Waals surface area contributed by atoms with Crippen LogP contribution in [-0.4, -0.2) is 29.3 Å². The lowest BCUT2D eigenvalue weighted by atomic mass is 10.0. The highest BCUT2D eigenvalue weighted by Gasteiger charge is 2.27. The van der Waals surface area contributed by atoms with E-state index < -0.39 is 11.8 Å². The van der Waals surface area contributed by atoms with E-state index in [1.54, 1.807) is 23.1 Å². The number of hydrogen-bond acceptors (Lipinski definition) is 2. The zero-order chi connectivity index (χ0) is 14.5. The van der Waals surface area contributed by atoms with E-state index in [1.807, 2.05) is 6.92 Å². The number of nitrogens with one attached hydrogen (secondary N) is 1. The molecule has 5 heteroatoms. The fraction of sp³-hybridized carbons (Fsp3) is 0.467. The maximum absolute atomic E-state index is 13.4. The van der Waals surface area contributed by atoms with E-state index in [2.05, 4.69) is 5.32 Å². The third-order valence-corrected chi connectivity index (χ3v) is 3.66. The van der Waals surface area contributed by atoms with Crippen LogP contribution in [0, 0.1) is 5.82 Å². The average molecular weight is 278 g/mol. The summed E-state index contributed by atoms with van der Waals surface area (Å²) in [5.74, 6) is -1.57. The van der Waals surface area contributed by atoms with Crippen molar-refractivity contribution in [2.24, 2.45) is 0 Å². The summed E-state index contributed by atoms with van der Waals surface area (Å²) < 4.78 is 13.4. The third kappa shape index (κ3) is 3.35. The minimum Gasteiger partial charge on any atom is -0.344 e. The monoisotopic (exact) mass is 278 g/mol. The van der Waals surface area contributed by atoms with Crippen LogP contribution in [0.4, 0.5) is 4.39 Å². The lowest BCUT2D eigenvalue weighted by Gasteiger charge is -2.32. The third-order valence-electron chi connectivity index (χ3n) is 3.66. The second-order valence-corrected chi connectivity index (χ2v) is 5.12. The summed E-state index contributed by atoms with van der Waals surface area (Å²) in [5.41, 5.74) is 0.375. The van der Waals surface area contributed by atoms with Crippen molar-refractivity contribution in [3.8, 4) is 0 Å². The highest BCUT2D eigenvalue weighted by Crippen LogP contribution is 2.16. The highest BCUT2D eigenvalue weighted by molar-refractivity contribution is 6.35. The highest BCUT2D eigenvalue weighted by atomic mass is 19.1. The molecule has 1 atom stereocenters. The molecule has 1 N–H and O–H groups in total. The fourth-order valence-corrected chi connectivity index (χ4v) is 2.42. The molecule has 20 heavy (non-hydrogen) atoms. The number of rotatable bonds is 2. The molecule has 0 saturated carbocycles. The number of likely N-dealkylation sites (tertiary alicyclic amines) is 1. The molecule has 0 radical (unpaired) electrons. The Bertz CT molecular complexity index is 504. The van der Waals surface area contributed by atoms with Gasteiger partial charge in [0.15, 0.2) is 0 Å². The maximum Gasteiger partial charge on any atom is 0.312 e. The van der Waals surface area contributed by atoms with E-state index in [1.165, 1.54) is 6.07 Å². The summed E-state index contributed by atoms with van der Waals surface area (Å²) >= 11 is 0. The first-order valence-electron chi connectivity index (χ1n) is 6.92. The number of nitrogens with zero attached hydrogens (tertiary/aromatic N) is 1. The van der Waals surface area contributed by atoms with Gasteiger partial charge < -0.3 is 10.2 Å². The maximum atomic E-state index is 13.4. The molecule has 1 heterocycles. The molecule has 0 aliphatic carbocycles. The second-order valence-electron chi connectivity index (χ2n) is 5.12. The zero-order valence-corrected chi connectivity index (χ0v) is 11.6. The molecule has 0 aromatic heterocycles. The fourth-order valence-electron chi connectivity index (χ4n) is 2.42. The first-order chi connectivity index (χ1) is 9.59. The van der Waals surface area contributed by atoms with E-state index in [-0.39, 0.29) is 18.4 Å². The first kappa shape index (κ1) is 14.5. The molecule has 1 aromatic rings. The van der Waals surface area contributed by atoms with E-state index in [4.69, 9.17) is 0 Å². The minimum absolute atomic E-state index is 0.0272. The van der Waals surface area contributed by atoms with Crippen molar-refractivity contribution < 1.29 is 14.0 Å². The number of halogens is 1. The molecule has 1 aliphatic heterocycles. The number of hydrogen-bond donors (Lipinski definition) is 1. The molecule has 1 saturated heterocycles. The van der Waals surface area contributed by atoms with Gasteiger partial charge in [0.1, 0.15) is 5.82 Å². The zero-order valence-electron chi connectivity index (χ0n) is 11.6. The molecular weight excluding hydrogens is 259 g/mol. The Morgan fingerprint density at radius 2 is 2.10 bits per heavy atom. The molecule has 0 spiro atoms. The molecular formula is C15H19FN2O2. The number of carbonyl (C=O) groups is 2. The van der Waals surface area contributed by atoms with Crippen LogP contribution < -0.4 is 5.32 Å². The van der Waals surface area contributed by atoms with E-state index in [0.29, 0.717) is 12.1 Å². The van der Waals surface area contributed by atoms with Crippen molar-refractivity contribution in [1.29, 1.82) is 0 Å². The van der Waals surface area contributed by atoms with Gasteiger partial charge in [-0.25, -0.2) is 4.39 Å². The normalized spacial score (nSPS) is 18.7. The topological polar surface area (TPSA) is 49.4 Å². The summed E-state index contributed by atoms with van der Waals surface area (Å²) in [6.07, 6.45) is 2.94. The Hall–Kier alpha value is -1.91. The Balaban J connectivity index is 1.91. The predicted octanol–water partition coefficient (Wildman–Crippen LogP) is 1.84. The van der Waals surface area contributed by atoms with Gasteiger partial charge in [-0.2, -0.15) is 0 Å². The largest absolute Gasteiger partial charge is 0.344 e. The minimum atomic E-state index is -0.665. The van der Waals surface area contributed by atoms with Crippen LogP contribution in [-0.2, 0) is 16.1 Å². The van der Waals surface area contributed by atoms with Crippen LogP contribution in [0.3, 0.4) is 0 Å². The Labute approximate surface area is 118 Å². The molecule has 4 nitrogen and oxygen atoms in total. The summed E-state index contributed by atoms with van der Waals surface area (Å²) in [6.45, 7) is 2.59. The summed E-state index contributed by atoms with van der Waals surface area (Å²) in [4.78, 5) is 25.5. The van der Waals surface area contributed by atoms with Gasteiger partial charge in [0, 0.05) is 24.7 Å². The van der Waals surface area contributed by atoms with Crippen molar-refractivity contribution in [2.45, 2.75) is 38.8 Å². The van der Waals surface area contributed by atoms with Crippen molar-refractivity contribution in [1.82, 2.24) is 10.2 Å². The van der Waals surface area contributed by atoms with Gasteiger partial charge in [-0.1, -0.05) is 18.2 Å². The number of benzene rings is 1. The van der Waals surface area contributed by atoms with Crippen molar-refractivity contribution in [2.75, 3.05) is 6.54 Å². The first-order valence-corrected chi connectivity index (χ1v) is 6.92. The second kappa shape index (κ2) is 6.50. The van der Waals surface area contributed by atoms with Gasteiger partial charge in [-0.15, -0.1) is 0 Å². The summed E-state index contributed by atoms with van der Waals surface area (Å²) in [6, 6.07) is 6.29. The number of piperidine rings is 1. The van der Waals surface area contributed by atoms with Crippen LogP contribution in [0.5, 0.6) is 0 Å². The van der Waals surface area contributed by atoms with Crippen molar-refractivity contribution in [3.63, 3.8) is 0 Å². The van der Waals surface area contributed by atoms with Crippen LogP contribution in [0.15, 0.2) is 24.3 Å². The molecule has 108 valence electrons.